The summed E-state index contributed by atoms with van der Waals surface area (Å²) < 4.78 is 1.91. The number of aliphatic hydroxyl groups is 1. The van der Waals surface area contributed by atoms with Crippen molar-refractivity contribution in [2.45, 2.75) is 12.5 Å². The summed E-state index contributed by atoms with van der Waals surface area (Å²) in [6, 6.07) is 1.97. The van der Waals surface area contributed by atoms with Gasteiger partial charge in [-0.1, -0.05) is 0 Å². The SMILES string of the molecule is O[C@H]1CCN(c2ncc(Br)cc2Br)C1. The van der Waals surface area contributed by atoms with Crippen molar-refractivity contribution in [3.05, 3.63) is 21.2 Å². The van der Waals surface area contributed by atoms with Gasteiger partial charge in [-0.3, -0.25) is 0 Å². The third kappa shape index (κ3) is 2.10. The zero-order chi connectivity index (χ0) is 10.1. The second kappa shape index (κ2) is 4.16. The lowest BCUT2D eigenvalue weighted by molar-refractivity contribution is 0.198. The van der Waals surface area contributed by atoms with Gasteiger partial charge >= 0.3 is 0 Å². The third-order valence-corrected chi connectivity index (χ3v) is 3.27. The first-order valence-electron chi connectivity index (χ1n) is 4.41. The Morgan fingerprint density at radius 3 is 2.86 bits per heavy atom. The maximum absolute atomic E-state index is 9.41. The van der Waals surface area contributed by atoms with Crippen LogP contribution >= 0.6 is 31.9 Å². The van der Waals surface area contributed by atoms with E-state index in [0.717, 1.165) is 27.7 Å². The van der Waals surface area contributed by atoms with Crippen molar-refractivity contribution in [3.63, 3.8) is 0 Å². The lowest BCUT2D eigenvalue weighted by Crippen LogP contribution is -2.22. The van der Waals surface area contributed by atoms with Gasteiger partial charge in [0.25, 0.3) is 0 Å². The molecule has 1 atom stereocenters. The number of rotatable bonds is 1. The first-order chi connectivity index (χ1) is 6.66. The fraction of sp³-hybridized carbons (Fsp3) is 0.444. The molecule has 1 fully saturated rings. The Balaban J connectivity index is 2.24. The quantitative estimate of drug-likeness (QED) is 0.861. The van der Waals surface area contributed by atoms with Crippen LogP contribution in [-0.2, 0) is 0 Å². The molecule has 1 aromatic rings. The van der Waals surface area contributed by atoms with Gasteiger partial charge in [-0.2, -0.15) is 0 Å². The molecule has 0 amide bonds. The largest absolute Gasteiger partial charge is 0.391 e. The van der Waals surface area contributed by atoms with Crippen LogP contribution < -0.4 is 4.90 Å². The van der Waals surface area contributed by atoms with E-state index < -0.39 is 0 Å². The van der Waals surface area contributed by atoms with Gasteiger partial charge in [0.1, 0.15) is 5.82 Å². The summed E-state index contributed by atoms with van der Waals surface area (Å²) in [7, 11) is 0. The lowest BCUT2D eigenvalue weighted by atomic mass is 10.3. The van der Waals surface area contributed by atoms with E-state index >= 15 is 0 Å². The average molecular weight is 322 g/mol. The Labute approximate surface area is 99.4 Å². The van der Waals surface area contributed by atoms with Crippen LogP contribution in [0, 0.1) is 0 Å². The number of hydrogen-bond donors (Lipinski definition) is 1. The molecule has 76 valence electrons. The van der Waals surface area contributed by atoms with Gasteiger partial charge in [0.05, 0.1) is 10.6 Å². The molecule has 0 radical (unpaired) electrons. The minimum absolute atomic E-state index is 0.215. The molecule has 0 aromatic carbocycles. The molecule has 0 unspecified atom stereocenters. The highest BCUT2D eigenvalue weighted by Crippen LogP contribution is 2.28. The zero-order valence-corrected chi connectivity index (χ0v) is 10.6. The summed E-state index contributed by atoms with van der Waals surface area (Å²) in [6.45, 7) is 1.54. The summed E-state index contributed by atoms with van der Waals surface area (Å²) in [4.78, 5) is 6.40. The molecular formula is C9H10Br2N2O. The van der Waals surface area contributed by atoms with Crippen LogP contribution in [0.15, 0.2) is 21.2 Å². The summed E-state index contributed by atoms with van der Waals surface area (Å²) in [5.41, 5.74) is 0. The predicted octanol–water partition coefficient (Wildman–Crippen LogP) is 2.18. The molecule has 1 N–H and O–H groups in total. The van der Waals surface area contributed by atoms with Crippen molar-refractivity contribution in [2.75, 3.05) is 18.0 Å². The van der Waals surface area contributed by atoms with Gasteiger partial charge in [0, 0.05) is 23.8 Å². The number of aromatic nitrogens is 1. The van der Waals surface area contributed by atoms with Crippen molar-refractivity contribution in [3.8, 4) is 0 Å². The Hall–Kier alpha value is -0.130. The van der Waals surface area contributed by atoms with Gasteiger partial charge in [-0.05, 0) is 44.3 Å². The van der Waals surface area contributed by atoms with Crippen molar-refractivity contribution in [2.24, 2.45) is 0 Å². The highest BCUT2D eigenvalue weighted by molar-refractivity contribution is 9.11. The molecule has 1 saturated heterocycles. The van der Waals surface area contributed by atoms with E-state index in [2.05, 4.69) is 41.7 Å². The van der Waals surface area contributed by atoms with Gasteiger partial charge in [0.2, 0.25) is 0 Å². The van der Waals surface area contributed by atoms with Gasteiger partial charge < -0.3 is 10.0 Å². The maximum atomic E-state index is 9.41. The molecule has 14 heavy (non-hydrogen) atoms. The van der Waals surface area contributed by atoms with Crippen LogP contribution in [-0.4, -0.2) is 29.3 Å². The lowest BCUT2D eigenvalue weighted by Gasteiger charge is -2.17. The Morgan fingerprint density at radius 1 is 1.50 bits per heavy atom. The van der Waals surface area contributed by atoms with E-state index in [1.807, 2.05) is 6.07 Å². The van der Waals surface area contributed by atoms with Crippen molar-refractivity contribution in [1.29, 1.82) is 0 Å². The average Bonchev–Trinajstić information content (AvgIpc) is 2.51. The van der Waals surface area contributed by atoms with Crippen LogP contribution in [0.5, 0.6) is 0 Å². The van der Waals surface area contributed by atoms with E-state index in [1.165, 1.54) is 0 Å². The summed E-state index contributed by atoms with van der Waals surface area (Å²) in [6.07, 6.45) is 2.38. The van der Waals surface area contributed by atoms with E-state index in [1.54, 1.807) is 6.20 Å². The molecule has 0 bridgehead atoms. The summed E-state index contributed by atoms with van der Waals surface area (Å²) >= 11 is 6.82. The molecular weight excluding hydrogens is 312 g/mol. The van der Waals surface area contributed by atoms with Crippen LogP contribution in [0.4, 0.5) is 5.82 Å². The molecule has 5 heteroatoms. The second-order valence-electron chi connectivity index (χ2n) is 3.35. The normalized spacial score (nSPS) is 21.6. The molecule has 0 saturated carbocycles. The number of nitrogens with zero attached hydrogens (tertiary/aromatic N) is 2. The predicted molar refractivity (Wildman–Crippen MR) is 62.5 cm³/mol. The van der Waals surface area contributed by atoms with Crippen LogP contribution in [0.1, 0.15) is 6.42 Å². The summed E-state index contributed by atoms with van der Waals surface area (Å²) in [5, 5.41) is 9.41. The number of hydrogen-bond acceptors (Lipinski definition) is 3. The fourth-order valence-corrected chi connectivity index (χ4v) is 2.81. The molecule has 1 aliphatic heterocycles. The Bertz CT molecular complexity index is 346. The van der Waals surface area contributed by atoms with Crippen molar-refractivity contribution in [1.82, 2.24) is 4.98 Å². The van der Waals surface area contributed by atoms with E-state index in [0.29, 0.717) is 6.54 Å². The van der Waals surface area contributed by atoms with Crippen LogP contribution in [0.2, 0.25) is 0 Å². The number of aliphatic hydroxyl groups excluding tert-OH is 1. The zero-order valence-electron chi connectivity index (χ0n) is 7.45. The highest BCUT2D eigenvalue weighted by Gasteiger charge is 2.22. The van der Waals surface area contributed by atoms with E-state index in [-0.39, 0.29) is 6.10 Å². The highest BCUT2D eigenvalue weighted by atomic mass is 79.9. The smallest absolute Gasteiger partial charge is 0.143 e. The molecule has 1 aromatic heterocycles. The molecule has 2 rings (SSSR count). The van der Waals surface area contributed by atoms with E-state index in [9.17, 15) is 5.11 Å². The molecule has 3 nitrogen and oxygen atoms in total. The molecule has 0 aliphatic carbocycles. The topological polar surface area (TPSA) is 36.4 Å². The van der Waals surface area contributed by atoms with Crippen LogP contribution in [0.25, 0.3) is 0 Å². The first kappa shape index (κ1) is 10.4. The second-order valence-corrected chi connectivity index (χ2v) is 5.12. The van der Waals surface area contributed by atoms with Crippen molar-refractivity contribution < 1.29 is 5.11 Å². The van der Waals surface area contributed by atoms with Crippen molar-refractivity contribution >= 4 is 37.7 Å². The summed E-state index contributed by atoms with van der Waals surface area (Å²) in [5.74, 6) is 0.907. The standard InChI is InChI=1S/C9H10Br2N2O/c10-6-3-8(11)9(12-4-6)13-2-1-7(14)5-13/h3-4,7,14H,1-2,5H2/t7-/m0/s1. The maximum Gasteiger partial charge on any atom is 0.143 e. The minimum Gasteiger partial charge on any atom is -0.391 e. The number of anilines is 1. The molecule has 1 aliphatic rings. The number of halogens is 2. The Kier molecular flexibility index (Phi) is 3.09. The minimum atomic E-state index is -0.215. The molecule has 0 spiro atoms. The molecule has 2 heterocycles. The van der Waals surface area contributed by atoms with E-state index in [4.69, 9.17) is 0 Å². The monoisotopic (exact) mass is 320 g/mol. The van der Waals surface area contributed by atoms with Crippen LogP contribution in [0.3, 0.4) is 0 Å². The first-order valence-corrected chi connectivity index (χ1v) is 5.99. The number of pyridine rings is 1. The third-order valence-electron chi connectivity index (χ3n) is 2.25. The van der Waals surface area contributed by atoms with Gasteiger partial charge in [0.15, 0.2) is 0 Å². The number of β-amino-alcohol motifs (C(OH)–C–C–N with tert-alkyl or cyclic N) is 1. The fourth-order valence-electron chi connectivity index (χ4n) is 1.57. The van der Waals surface area contributed by atoms with Gasteiger partial charge in [-0.25, -0.2) is 4.98 Å². The Morgan fingerprint density at radius 2 is 2.29 bits per heavy atom. The van der Waals surface area contributed by atoms with Gasteiger partial charge in [-0.15, -0.1) is 0 Å².